The fourth-order valence-corrected chi connectivity index (χ4v) is 2.28. The first-order chi connectivity index (χ1) is 9.59. The van der Waals surface area contributed by atoms with Crippen LogP contribution in [0.2, 0.25) is 0 Å². The molecule has 6 heteroatoms. The lowest BCUT2D eigenvalue weighted by atomic mass is 10.2. The summed E-state index contributed by atoms with van der Waals surface area (Å²) >= 11 is 3.32. The fraction of sp³-hybridized carbons (Fsp3) is 0.286. The molecule has 0 saturated carbocycles. The van der Waals surface area contributed by atoms with Crippen molar-refractivity contribution in [3.8, 4) is 0 Å². The van der Waals surface area contributed by atoms with Crippen molar-refractivity contribution >= 4 is 21.8 Å². The molecule has 0 spiro atoms. The Hall–Kier alpha value is -1.66. The molecule has 5 nitrogen and oxygen atoms in total. The number of carbonyl (C=O) groups is 1. The lowest BCUT2D eigenvalue weighted by Crippen LogP contribution is -2.34. The predicted octanol–water partition coefficient (Wildman–Crippen LogP) is 2.47. The monoisotopic (exact) mass is 337 g/mol. The van der Waals surface area contributed by atoms with Gasteiger partial charge in [0.05, 0.1) is 12.3 Å². The van der Waals surface area contributed by atoms with Gasteiger partial charge >= 0.3 is 0 Å². The Morgan fingerprint density at radius 1 is 1.45 bits per heavy atom. The highest BCUT2D eigenvalue weighted by Crippen LogP contribution is 2.18. The zero-order valence-electron chi connectivity index (χ0n) is 11.3. The minimum absolute atomic E-state index is 0.0172. The van der Waals surface area contributed by atoms with Crippen LogP contribution in [0.5, 0.6) is 0 Å². The van der Waals surface area contributed by atoms with Crippen LogP contribution in [0.25, 0.3) is 0 Å². The van der Waals surface area contributed by atoms with Crippen LogP contribution in [0.1, 0.15) is 22.3 Å². The van der Waals surface area contributed by atoms with Gasteiger partial charge in [-0.3, -0.25) is 9.69 Å². The predicted molar refractivity (Wildman–Crippen MR) is 79.4 cm³/mol. The first kappa shape index (κ1) is 14.7. The number of likely N-dealkylation sites (N-methyl/N-ethyl adjacent to an activating group) is 1. The van der Waals surface area contributed by atoms with Gasteiger partial charge in [0.2, 0.25) is 0 Å². The first-order valence-electron chi connectivity index (χ1n) is 6.18. The van der Waals surface area contributed by atoms with Gasteiger partial charge in [0.1, 0.15) is 11.5 Å². The Morgan fingerprint density at radius 3 is 2.85 bits per heavy atom. The van der Waals surface area contributed by atoms with Gasteiger partial charge in [0, 0.05) is 17.2 Å². The Bertz CT molecular complexity index is 570. The Morgan fingerprint density at radius 2 is 2.25 bits per heavy atom. The second-order valence-electron chi connectivity index (χ2n) is 4.54. The van der Waals surface area contributed by atoms with Crippen LogP contribution >= 0.6 is 15.9 Å². The number of amides is 1. The summed E-state index contributed by atoms with van der Waals surface area (Å²) in [5.74, 6) is 0.603. The van der Waals surface area contributed by atoms with Crippen molar-refractivity contribution in [3.63, 3.8) is 0 Å². The molecule has 0 aliphatic rings. The third kappa shape index (κ3) is 3.46. The number of pyridine rings is 1. The Balaban J connectivity index is 2.03. The van der Waals surface area contributed by atoms with Gasteiger partial charge in [0.15, 0.2) is 0 Å². The molecule has 0 saturated heterocycles. The number of hydrogen-bond acceptors (Lipinski definition) is 4. The molecule has 1 N–H and O–H groups in total. The number of aromatic nitrogens is 1. The van der Waals surface area contributed by atoms with Gasteiger partial charge in [-0.2, -0.15) is 0 Å². The highest BCUT2D eigenvalue weighted by molar-refractivity contribution is 9.10. The molecule has 2 heterocycles. The van der Waals surface area contributed by atoms with E-state index in [-0.39, 0.29) is 11.9 Å². The van der Waals surface area contributed by atoms with Gasteiger partial charge in [0.25, 0.3) is 5.91 Å². The number of rotatable bonds is 5. The summed E-state index contributed by atoms with van der Waals surface area (Å²) in [6.45, 7) is 0.447. The number of furan rings is 1. The van der Waals surface area contributed by atoms with Crippen LogP contribution in [-0.2, 0) is 0 Å². The van der Waals surface area contributed by atoms with Crippen molar-refractivity contribution in [2.75, 3.05) is 20.6 Å². The van der Waals surface area contributed by atoms with Crippen molar-refractivity contribution in [1.82, 2.24) is 15.2 Å². The van der Waals surface area contributed by atoms with E-state index in [1.165, 1.54) is 0 Å². The summed E-state index contributed by atoms with van der Waals surface area (Å²) in [6.07, 6.45) is 3.22. The molecule has 0 bridgehead atoms. The SMILES string of the molecule is CN(C)C(CNC(=O)c1ncccc1Br)c1ccco1. The van der Waals surface area contributed by atoms with Crippen molar-refractivity contribution in [1.29, 1.82) is 0 Å². The van der Waals surface area contributed by atoms with E-state index in [0.29, 0.717) is 16.7 Å². The molecule has 0 radical (unpaired) electrons. The summed E-state index contributed by atoms with van der Waals surface area (Å²) in [5.41, 5.74) is 0.379. The average Bonchev–Trinajstić information content (AvgIpc) is 2.92. The standard InChI is InChI=1S/C14H16BrN3O2/c1-18(2)11(12-6-4-8-20-12)9-17-14(19)13-10(15)5-3-7-16-13/h3-8,11H,9H2,1-2H3,(H,17,19). The van der Waals surface area contributed by atoms with Crippen LogP contribution < -0.4 is 5.32 Å². The Labute approximate surface area is 126 Å². The van der Waals surface area contributed by atoms with Gasteiger partial charge < -0.3 is 9.73 Å². The van der Waals surface area contributed by atoms with Gasteiger partial charge in [-0.05, 0) is 54.3 Å². The highest BCUT2D eigenvalue weighted by Gasteiger charge is 2.19. The topological polar surface area (TPSA) is 58.4 Å². The minimum Gasteiger partial charge on any atom is -0.468 e. The van der Waals surface area contributed by atoms with E-state index in [1.807, 2.05) is 31.1 Å². The smallest absolute Gasteiger partial charge is 0.271 e. The number of nitrogens with one attached hydrogen (secondary N) is 1. The van der Waals surface area contributed by atoms with Crippen LogP contribution in [0.15, 0.2) is 45.6 Å². The fourth-order valence-electron chi connectivity index (χ4n) is 1.84. The molecular formula is C14H16BrN3O2. The summed E-state index contributed by atoms with van der Waals surface area (Å²) in [6, 6.07) is 7.28. The summed E-state index contributed by atoms with van der Waals surface area (Å²) in [5, 5.41) is 2.88. The summed E-state index contributed by atoms with van der Waals surface area (Å²) < 4.78 is 6.08. The van der Waals surface area contributed by atoms with Crippen LogP contribution in [-0.4, -0.2) is 36.4 Å². The molecular weight excluding hydrogens is 322 g/mol. The third-order valence-corrected chi connectivity index (χ3v) is 3.56. The van der Waals surface area contributed by atoms with Crippen LogP contribution in [0.3, 0.4) is 0 Å². The second kappa shape index (κ2) is 6.67. The maximum absolute atomic E-state index is 12.1. The van der Waals surface area contributed by atoms with E-state index in [9.17, 15) is 4.79 Å². The molecule has 1 amide bonds. The quantitative estimate of drug-likeness (QED) is 0.910. The third-order valence-electron chi connectivity index (χ3n) is 2.92. The lowest BCUT2D eigenvalue weighted by molar-refractivity contribution is 0.0933. The molecule has 2 aromatic heterocycles. The number of hydrogen-bond donors (Lipinski definition) is 1. The largest absolute Gasteiger partial charge is 0.468 e. The van der Waals surface area contributed by atoms with E-state index >= 15 is 0 Å². The maximum atomic E-state index is 12.1. The van der Waals surface area contributed by atoms with E-state index in [2.05, 4.69) is 26.2 Å². The zero-order valence-corrected chi connectivity index (χ0v) is 12.9. The van der Waals surface area contributed by atoms with Crippen molar-refractivity contribution in [2.24, 2.45) is 0 Å². The molecule has 0 aromatic carbocycles. The van der Waals surface area contributed by atoms with E-state index < -0.39 is 0 Å². The average molecular weight is 338 g/mol. The molecule has 2 rings (SSSR count). The molecule has 1 atom stereocenters. The van der Waals surface area contributed by atoms with Gasteiger partial charge in [-0.25, -0.2) is 4.98 Å². The molecule has 1 unspecified atom stereocenters. The minimum atomic E-state index is -0.212. The number of nitrogens with zero attached hydrogens (tertiary/aromatic N) is 2. The normalized spacial score (nSPS) is 12.4. The highest BCUT2D eigenvalue weighted by atomic mass is 79.9. The zero-order chi connectivity index (χ0) is 14.5. The Kier molecular flexibility index (Phi) is 4.92. The van der Waals surface area contributed by atoms with Crippen molar-refractivity contribution < 1.29 is 9.21 Å². The van der Waals surface area contributed by atoms with E-state index in [1.54, 1.807) is 24.6 Å². The summed E-state index contributed by atoms with van der Waals surface area (Å²) in [4.78, 5) is 18.2. The molecule has 0 aliphatic carbocycles. The van der Waals surface area contributed by atoms with E-state index in [4.69, 9.17) is 4.42 Å². The van der Waals surface area contributed by atoms with Crippen molar-refractivity contribution in [3.05, 3.63) is 52.7 Å². The molecule has 20 heavy (non-hydrogen) atoms. The molecule has 0 fully saturated rings. The maximum Gasteiger partial charge on any atom is 0.271 e. The van der Waals surface area contributed by atoms with Gasteiger partial charge in [-0.15, -0.1) is 0 Å². The van der Waals surface area contributed by atoms with Gasteiger partial charge in [-0.1, -0.05) is 0 Å². The van der Waals surface area contributed by atoms with E-state index in [0.717, 1.165) is 5.76 Å². The van der Waals surface area contributed by atoms with Crippen LogP contribution in [0, 0.1) is 0 Å². The first-order valence-corrected chi connectivity index (χ1v) is 6.97. The summed E-state index contributed by atoms with van der Waals surface area (Å²) in [7, 11) is 3.88. The lowest BCUT2D eigenvalue weighted by Gasteiger charge is -2.22. The molecule has 106 valence electrons. The van der Waals surface area contributed by atoms with Crippen LogP contribution in [0.4, 0.5) is 0 Å². The van der Waals surface area contributed by atoms with Crippen molar-refractivity contribution in [2.45, 2.75) is 6.04 Å². The molecule has 0 aliphatic heterocycles. The molecule has 2 aromatic rings. The number of carbonyl (C=O) groups excluding carboxylic acids is 1. The second-order valence-corrected chi connectivity index (χ2v) is 5.39. The number of halogens is 1.